The summed E-state index contributed by atoms with van der Waals surface area (Å²) in [6.07, 6.45) is 5.19. The Hall–Kier alpha value is -0.610. The maximum Gasteiger partial charge on any atom is 0.222 e. The van der Waals surface area contributed by atoms with E-state index in [1.165, 1.54) is 6.42 Å². The van der Waals surface area contributed by atoms with Gasteiger partial charge >= 0.3 is 0 Å². The van der Waals surface area contributed by atoms with Gasteiger partial charge in [0.15, 0.2) is 0 Å². The maximum absolute atomic E-state index is 11.4. The smallest absolute Gasteiger partial charge is 0.222 e. The van der Waals surface area contributed by atoms with E-state index in [9.17, 15) is 4.79 Å². The molecule has 3 N–H and O–H groups in total. The SMILES string of the molecule is COC(C)(C)C[C@H](C)N[C@H]1CCCC[C@H]1C(N)=O. The Labute approximate surface area is 111 Å². The molecule has 0 aromatic rings. The van der Waals surface area contributed by atoms with E-state index in [2.05, 4.69) is 26.1 Å². The van der Waals surface area contributed by atoms with E-state index in [0.717, 1.165) is 25.7 Å². The van der Waals surface area contributed by atoms with E-state index in [4.69, 9.17) is 10.5 Å². The summed E-state index contributed by atoms with van der Waals surface area (Å²) in [5.74, 6) is -0.169. The number of hydrogen-bond acceptors (Lipinski definition) is 3. The molecule has 0 unspecified atom stereocenters. The fourth-order valence-corrected chi connectivity index (χ4v) is 2.92. The molecule has 0 bridgehead atoms. The van der Waals surface area contributed by atoms with Gasteiger partial charge in [0.1, 0.15) is 0 Å². The van der Waals surface area contributed by atoms with Crippen molar-refractivity contribution in [3.05, 3.63) is 0 Å². The molecule has 0 radical (unpaired) electrons. The summed E-state index contributed by atoms with van der Waals surface area (Å²) in [4.78, 5) is 11.4. The Bertz CT molecular complexity index is 279. The molecule has 0 aliphatic heterocycles. The number of hydrogen-bond donors (Lipinski definition) is 2. The van der Waals surface area contributed by atoms with Gasteiger partial charge in [0.25, 0.3) is 0 Å². The average molecular weight is 256 g/mol. The number of carbonyl (C=O) groups is 1. The number of amides is 1. The van der Waals surface area contributed by atoms with E-state index < -0.39 is 0 Å². The minimum Gasteiger partial charge on any atom is -0.379 e. The van der Waals surface area contributed by atoms with Crippen LogP contribution in [0.4, 0.5) is 0 Å². The average Bonchev–Trinajstić information content (AvgIpc) is 2.28. The summed E-state index contributed by atoms with van der Waals surface area (Å²) in [5, 5.41) is 3.56. The number of rotatable bonds is 6. The highest BCUT2D eigenvalue weighted by molar-refractivity contribution is 5.77. The molecule has 3 atom stereocenters. The van der Waals surface area contributed by atoms with Crippen molar-refractivity contribution in [3.63, 3.8) is 0 Å². The lowest BCUT2D eigenvalue weighted by molar-refractivity contribution is -0.123. The predicted octanol–water partition coefficient (Wildman–Crippen LogP) is 1.82. The topological polar surface area (TPSA) is 64.3 Å². The van der Waals surface area contributed by atoms with Gasteiger partial charge in [0.05, 0.1) is 11.5 Å². The van der Waals surface area contributed by atoms with E-state index in [0.29, 0.717) is 6.04 Å². The van der Waals surface area contributed by atoms with Crippen LogP contribution in [0, 0.1) is 5.92 Å². The molecule has 1 aliphatic carbocycles. The first kappa shape index (κ1) is 15.4. The summed E-state index contributed by atoms with van der Waals surface area (Å²) >= 11 is 0. The van der Waals surface area contributed by atoms with Crippen LogP contribution in [0.15, 0.2) is 0 Å². The van der Waals surface area contributed by atoms with E-state index >= 15 is 0 Å². The summed E-state index contributed by atoms with van der Waals surface area (Å²) in [7, 11) is 1.74. The number of nitrogens with one attached hydrogen (secondary N) is 1. The lowest BCUT2D eigenvalue weighted by atomic mass is 9.83. The van der Waals surface area contributed by atoms with Crippen LogP contribution in [0.3, 0.4) is 0 Å². The second-order valence-corrected chi connectivity index (χ2v) is 6.14. The Morgan fingerprint density at radius 2 is 2.06 bits per heavy atom. The van der Waals surface area contributed by atoms with Crippen LogP contribution in [-0.4, -0.2) is 30.7 Å². The lowest BCUT2D eigenvalue weighted by Crippen LogP contribution is -2.49. The first-order chi connectivity index (χ1) is 8.35. The zero-order valence-corrected chi connectivity index (χ0v) is 12.2. The third-order valence-electron chi connectivity index (χ3n) is 3.98. The van der Waals surface area contributed by atoms with Crippen molar-refractivity contribution in [3.8, 4) is 0 Å². The number of carbonyl (C=O) groups excluding carboxylic acids is 1. The fourth-order valence-electron chi connectivity index (χ4n) is 2.92. The molecule has 1 aliphatic rings. The van der Waals surface area contributed by atoms with Crippen LogP contribution >= 0.6 is 0 Å². The highest BCUT2D eigenvalue weighted by Gasteiger charge is 2.31. The molecule has 0 aromatic heterocycles. The maximum atomic E-state index is 11.4. The Balaban J connectivity index is 2.51. The molecule has 1 rings (SSSR count). The second-order valence-electron chi connectivity index (χ2n) is 6.14. The Morgan fingerprint density at radius 3 is 2.61 bits per heavy atom. The van der Waals surface area contributed by atoms with E-state index in [1.807, 2.05) is 0 Å². The first-order valence-corrected chi connectivity index (χ1v) is 6.96. The van der Waals surface area contributed by atoms with Crippen molar-refractivity contribution in [1.29, 1.82) is 0 Å². The molecule has 18 heavy (non-hydrogen) atoms. The standard InChI is InChI=1S/C14H28N2O2/c1-10(9-14(2,3)18-4)16-12-8-6-5-7-11(12)13(15)17/h10-12,16H,5-9H2,1-4H3,(H2,15,17)/t10-,11+,12-/m0/s1. The third kappa shape index (κ3) is 4.58. The predicted molar refractivity (Wildman–Crippen MR) is 73.2 cm³/mol. The van der Waals surface area contributed by atoms with Crippen LogP contribution in [0.5, 0.6) is 0 Å². The van der Waals surface area contributed by atoms with Crippen molar-refractivity contribution < 1.29 is 9.53 Å². The Morgan fingerprint density at radius 1 is 1.44 bits per heavy atom. The minimum absolute atomic E-state index is 0.00754. The first-order valence-electron chi connectivity index (χ1n) is 6.96. The molecule has 1 saturated carbocycles. The number of nitrogens with two attached hydrogens (primary N) is 1. The summed E-state index contributed by atoms with van der Waals surface area (Å²) < 4.78 is 5.44. The minimum atomic E-state index is -0.162. The van der Waals surface area contributed by atoms with Crippen LogP contribution in [0.2, 0.25) is 0 Å². The van der Waals surface area contributed by atoms with Crippen molar-refractivity contribution in [2.75, 3.05) is 7.11 Å². The van der Waals surface area contributed by atoms with Crippen molar-refractivity contribution in [1.82, 2.24) is 5.32 Å². The molecule has 1 fully saturated rings. The van der Waals surface area contributed by atoms with Gasteiger partial charge in [-0.2, -0.15) is 0 Å². The molecular weight excluding hydrogens is 228 g/mol. The summed E-state index contributed by atoms with van der Waals surface area (Å²) in [6.45, 7) is 6.31. The monoisotopic (exact) mass is 256 g/mol. The lowest BCUT2D eigenvalue weighted by Gasteiger charge is -2.35. The van der Waals surface area contributed by atoms with E-state index in [1.54, 1.807) is 7.11 Å². The van der Waals surface area contributed by atoms with Crippen molar-refractivity contribution in [2.45, 2.75) is 70.6 Å². The molecule has 106 valence electrons. The molecule has 4 nitrogen and oxygen atoms in total. The number of ether oxygens (including phenoxy) is 1. The zero-order chi connectivity index (χ0) is 13.8. The van der Waals surface area contributed by atoms with Gasteiger partial charge in [-0.3, -0.25) is 4.79 Å². The van der Waals surface area contributed by atoms with Gasteiger partial charge in [-0.1, -0.05) is 12.8 Å². The molecule has 0 saturated heterocycles. The zero-order valence-electron chi connectivity index (χ0n) is 12.2. The van der Waals surface area contributed by atoms with Gasteiger partial charge in [-0.05, 0) is 40.0 Å². The third-order valence-corrected chi connectivity index (χ3v) is 3.98. The van der Waals surface area contributed by atoms with Gasteiger partial charge < -0.3 is 15.8 Å². The van der Waals surface area contributed by atoms with Gasteiger partial charge in [-0.15, -0.1) is 0 Å². The molecular formula is C14H28N2O2. The molecule has 0 aromatic carbocycles. The molecule has 0 heterocycles. The summed E-state index contributed by atoms with van der Waals surface area (Å²) in [6, 6.07) is 0.559. The Kier molecular flexibility index (Phi) is 5.60. The number of methoxy groups -OCH3 is 1. The fraction of sp³-hybridized carbons (Fsp3) is 0.929. The molecule has 4 heteroatoms. The van der Waals surface area contributed by atoms with Crippen molar-refractivity contribution in [2.24, 2.45) is 11.7 Å². The van der Waals surface area contributed by atoms with Gasteiger partial charge in [0.2, 0.25) is 5.91 Å². The molecule has 1 amide bonds. The summed E-state index contributed by atoms with van der Waals surface area (Å²) in [5.41, 5.74) is 5.35. The van der Waals surface area contributed by atoms with E-state index in [-0.39, 0.29) is 23.5 Å². The van der Waals surface area contributed by atoms with Crippen molar-refractivity contribution >= 4 is 5.91 Å². The normalized spacial score (nSPS) is 26.9. The second kappa shape index (κ2) is 6.53. The largest absolute Gasteiger partial charge is 0.379 e. The highest BCUT2D eigenvalue weighted by Crippen LogP contribution is 2.25. The van der Waals surface area contributed by atoms with Crippen LogP contribution in [0.1, 0.15) is 52.9 Å². The van der Waals surface area contributed by atoms with Crippen LogP contribution in [0.25, 0.3) is 0 Å². The van der Waals surface area contributed by atoms with Crippen LogP contribution < -0.4 is 11.1 Å². The highest BCUT2D eigenvalue weighted by atomic mass is 16.5. The quantitative estimate of drug-likeness (QED) is 0.762. The molecule has 0 spiro atoms. The van der Waals surface area contributed by atoms with Gasteiger partial charge in [0, 0.05) is 19.2 Å². The van der Waals surface area contributed by atoms with Gasteiger partial charge in [-0.25, -0.2) is 0 Å². The number of primary amides is 1. The van der Waals surface area contributed by atoms with Crippen LogP contribution in [-0.2, 0) is 9.53 Å².